The van der Waals surface area contributed by atoms with Gasteiger partial charge in [0.1, 0.15) is 5.92 Å². The first kappa shape index (κ1) is 31.5. The van der Waals surface area contributed by atoms with Gasteiger partial charge in [-0.3, -0.25) is 29.4 Å². The van der Waals surface area contributed by atoms with Gasteiger partial charge in [0.25, 0.3) is 0 Å². The van der Waals surface area contributed by atoms with Crippen molar-refractivity contribution in [3.8, 4) is 5.75 Å². The third-order valence-corrected chi connectivity index (χ3v) is 13.1. The predicted molar refractivity (Wildman–Crippen MR) is 150 cm³/mol. The number of rotatable bonds is 10. The maximum absolute atomic E-state index is 14.1. The number of ether oxygens (including phenoxy) is 1. The molecular formula is C24H31N3O11P2S. The number of β-lactam (4-membered cyclic amide) rings is 1. The van der Waals surface area contributed by atoms with Crippen LogP contribution in [0.1, 0.15) is 43.1 Å². The number of aliphatic carboxylic acids is 1. The number of carbonyl (C=O) groups is 3. The van der Waals surface area contributed by atoms with Crippen molar-refractivity contribution in [1.29, 1.82) is 0 Å². The van der Waals surface area contributed by atoms with E-state index >= 15 is 0 Å². The van der Waals surface area contributed by atoms with Crippen molar-refractivity contribution in [3.63, 3.8) is 0 Å². The van der Waals surface area contributed by atoms with Gasteiger partial charge in [-0.1, -0.05) is 24.3 Å². The molecule has 41 heavy (non-hydrogen) atoms. The van der Waals surface area contributed by atoms with Gasteiger partial charge < -0.3 is 35.2 Å². The summed E-state index contributed by atoms with van der Waals surface area (Å²) in [5, 5.41) is 7.36. The summed E-state index contributed by atoms with van der Waals surface area (Å²) < 4.78 is 28.3. The smallest absolute Gasteiger partial charge is 0.346 e. The second-order valence-corrected chi connectivity index (χ2v) is 16.2. The number of hydrogen-bond donors (Lipinski definition) is 7. The van der Waals surface area contributed by atoms with Crippen molar-refractivity contribution in [2.75, 3.05) is 12.3 Å². The van der Waals surface area contributed by atoms with Gasteiger partial charge in [-0.2, -0.15) is 0 Å². The third kappa shape index (κ3) is 4.88. The first-order chi connectivity index (χ1) is 18.8. The summed E-state index contributed by atoms with van der Waals surface area (Å²) in [6.45, 7) is 4.82. The van der Waals surface area contributed by atoms with Gasteiger partial charge in [-0.15, -0.1) is 11.8 Å². The second kappa shape index (κ2) is 10.4. The van der Waals surface area contributed by atoms with Crippen LogP contribution in [0.25, 0.3) is 10.8 Å². The molecule has 2 saturated heterocycles. The van der Waals surface area contributed by atoms with Crippen molar-refractivity contribution in [2.45, 2.75) is 54.8 Å². The molecule has 2 fully saturated rings. The zero-order valence-electron chi connectivity index (χ0n) is 22.3. The molecular weight excluding hydrogens is 600 g/mol. The van der Waals surface area contributed by atoms with Crippen LogP contribution in [-0.4, -0.2) is 75.0 Å². The first-order valence-electron chi connectivity index (χ1n) is 12.4. The third-order valence-electron chi connectivity index (χ3n) is 7.65. The maximum Gasteiger partial charge on any atom is 0.346 e. The second-order valence-electron chi connectivity index (χ2n) is 10.4. The number of anilines is 1. The number of nitrogens with two attached hydrogens (primary N) is 2. The number of hydrogen-bond acceptors (Lipinski definition) is 9. The Hall–Kier alpha value is -2.48. The Morgan fingerprint density at radius 1 is 1.12 bits per heavy atom. The fraction of sp³-hybridized carbons (Fsp3) is 0.458. The quantitative estimate of drug-likeness (QED) is 0.0648. The molecule has 9 N–H and O–H groups in total. The number of thioether (sulfide) groups is 1. The average Bonchev–Trinajstić information content (AvgIpc) is 3.02. The molecule has 0 bridgehead atoms. The summed E-state index contributed by atoms with van der Waals surface area (Å²) in [6, 6.07) is 6.37. The Balaban J connectivity index is 1.83. The summed E-state index contributed by atoms with van der Waals surface area (Å²) >= 11 is 1.09. The van der Waals surface area contributed by atoms with Crippen LogP contribution in [-0.2, 0) is 25.1 Å². The van der Waals surface area contributed by atoms with Crippen LogP contribution < -0.4 is 16.2 Å². The fourth-order valence-corrected chi connectivity index (χ4v) is 9.74. The van der Waals surface area contributed by atoms with Gasteiger partial charge in [0.2, 0.25) is 11.6 Å². The number of aryl methyl sites for hydroxylation is 1. The Morgan fingerprint density at radius 3 is 2.20 bits per heavy atom. The van der Waals surface area contributed by atoms with E-state index in [0.29, 0.717) is 10.8 Å². The van der Waals surface area contributed by atoms with E-state index in [4.69, 9.17) is 16.2 Å². The molecule has 2 aromatic carbocycles. The molecule has 2 aliphatic rings. The van der Waals surface area contributed by atoms with Crippen LogP contribution in [0.2, 0.25) is 0 Å². The Bertz CT molecular complexity index is 1530. The molecule has 2 aliphatic heterocycles. The number of ketones is 1. The van der Waals surface area contributed by atoms with E-state index in [1.807, 2.05) is 0 Å². The summed E-state index contributed by atoms with van der Waals surface area (Å²) in [6.07, 6.45) is -0.905. The minimum absolute atomic E-state index is 0.0357. The number of carboxylic acid groups (broad SMARTS) is 1. The summed E-state index contributed by atoms with van der Waals surface area (Å²) in [5.74, 6) is -4.22. The minimum Gasteiger partial charge on any atom is -0.491 e. The fourth-order valence-electron chi connectivity index (χ4n) is 5.52. The van der Waals surface area contributed by atoms with Crippen LogP contribution in [0.3, 0.4) is 0 Å². The Kier molecular flexibility index (Phi) is 7.94. The lowest BCUT2D eigenvalue weighted by Gasteiger charge is -2.47. The molecule has 224 valence electrons. The molecule has 0 radical (unpaired) electrons. The highest BCUT2D eigenvalue weighted by atomic mass is 32.2. The van der Waals surface area contributed by atoms with Crippen molar-refractivity contribution in [2.24, 2.45) is 11.7 Å². The molecule has 4 rings (SSSR count). The molecule has 2 aromatic rings. The van der Waals surface area contributed by atoms with Gasteiger partial charge in [0.15, 0.2) is 16.9 Å². The molecule has 17 heteroatoms. The van der Waals surface area contributed by atoms with Crippen molar-refractivity contribution >= 4 is 61.1 Å². The minimum atomic E-state index is -5.20. The molecule has 0 aliphatic carbocycles. The van der Waals surface area contributed by atoms with Gasteiger partial charge in [0.05, 0.1) is 28.0 Å². The highest BCUT2D eigenvalue weighted by molar-refractivity contribution is 8.01. The SMILES string of the molecule is CCOc1c(N)c(CCC(P(=O)(O)O)P(=O)(O)O)c2ccccc2c1C(=O)C1C(=O)N2C1SC(C)(C)C2(N)C(=O)O. The summed E-state index contributed by atoms with van der Waals surface area (Å²) in [5.41, 5.74) is 10.7. The zero-order chi connectivity index (χ0) is 30.9. The number of nitrogens with zero attached hydrogens (tertiary/aromatic N) is 1. The lowest BCUT2D eigenvalue weighted by atomic mass is 9.81. The number of Topliss-reactive ketones (excluding diaryl/α,β-unsaturated/α-hetero) is 1. The number of fused-ring (bicyclic) bond motifs is 2. The van der Waals surface area contributed by atoms with Crippen molar-refractivity contribution in [1.82, 2.24) is 4.90 Å². The first-order valence-corrected chi connectivity index (χ1v) is 16.7. The molecule has 1 amide bonds. The lowest BCUT2D eigenvalue weighted by molar-refractivity contribution is -0.171. The number of carboxylic acids is 1. The molecule has 0 saturated carbocycles. The van der Waals surface area contributed by atoms with Crippen LogP contribution >= 0.6 is 27.0 Å². The molecule has 0 aromatic heterocycles. The van der Waals surface area contributed by atoms with Gasteiger partial charge >= 0.3 is 21.2 Å². The van der Waals surface area contributed by atoms with Gasteiger partial charge in [0, 0.05) is 0 Å². The molecule has 2 heterocycles. The van der Waals surface area contributed by atoms with E-state index in [1.54, 1.807) is 45.0 Å². The van der Waals surface area contributed by atoms with E-state index < -0.39 is 66.4 Å². The van der Waals surface area contributed by atoms with Crippen LogP contribution in [0.5, 0.6) is 5.75 Å². The number of carbonyl (C=O) groups excluding carboxylic acids is 2. The van der Waals surface area contributed by atoms with Crippen LogP contribution in [0.4, 0.5) is 5.69 Å². The topological polar surface area (TPSA) is 251 Å². The Labute approximate surface area is 238 Å². The number of amides is 1. The normalized spacial score (nSPS) is 23.9. The van der Waals surface area contributed by atoms with E-state index in [9.17, 15) is 48.2 Å². The van der Waals surface area contributed by atoms with Crippen molar-refractivity contribution < 1.29 is 52.9 Å². The molecule has 3 unspecified atom stereocenters. The predicted octanol–water partition coefficient (Wildman–Crippen LogP) is 1.67. The maximum atomic E-state index is 14.1. The molecule has 14 nitrogen and oxygen atoms in total. The molecule has 0 spiro atoms. The number of nitrogen functional groups attached to an aromatic ring is 1. The molecule has 3 atom stereocenters. The zero-order valence-corrected chi connectivity index (χ0v) is 24.9. The lowest BCUT2D eigenvalue weighted by Crippen LogP contribution is -2.75. The standard InChI is InChI=1S/C24H31N3O11P2S/c1-4-38-19-15(18(28)16-20(29)27-21(16)41-23(2,3)24(27,26)22(30)31)12-8-6-5-7-11(12)13(17(19)25)9-10-14(39(32,33)34)40(35,36)37/h5-8,14,16,21H,4,9-10,25-26H2,1-3H3,(H,30,31)(H2,32,33,34)(H2,35,36,37). The van der Waals surface area contributed by atoms with Crippen LogP contribution in [0.15, 0.2) is 24.3 Å². The van der Waals surface area contributed by atoms with E-state index in [1.165, 1.54) is 0 Å². The van der Waals surface area contributed by atoms with Gasteiger partial charge in [-0.05, 0) is 49.9 Å². The summed E-state index contributed by atoms with van der Waals surface area (Å²) in [7, 11) is -10.4. The van der Waals surface area contributed by atoms with E-state index in [-0.39, 0.29) is 35.6 Å². The highest BCUT2D eigenvalue weighted by Gasteiger charge is 2.72. The van der Waals surface area contributed by atoms with Crippen LogP contribution in [0, 0.1) is 5.92 Å². The number of benzene rings is 2. The largest absolute Gasteiger partial charge is 0.491 e. The Morgan fingerprint density at radius 2 is 1.68 bits per heavy atom. The van der Waals surface area contributed by atoms with Gasteiger partial charge in [-0.25, -0.2) is 4.79 Å². The summed E-state index contributed by atoms with van der Waals surface area (Å²) in [4.78, 5) is 78.8. The van der Waals surface area contributed by atoms with E-state index in [2.05, 4.69) is 0 Å². The highest BCUT2D eigenvalue weighted by Crippen LogP contribution is 2.62. The average molecular weight is 632 g/mol. The van der Waals surface area contributed by atoms with E-state index in [0.717, 1.165) is 16.7 Å². The van der Waals surface area contributed by atoms with Crippen molar-refractivity contribution in [3.05, 3.63) is 35.4 Å². The monoisotopic (exact) mass is 631 g/mol.